The fourth-order valence-electron chi connectivity index (χ4n) is 5.80. The first-order valence-electron chi connectivity index (χ1n) is 10.3. The van der Waals surface area contributed by atoms with Gasteiger partial charge in [0.15, 0.2) is 5.69 Å². The molecule has 1 aromatic rings. The smallest absolute Gasteiger partial charge is 0.300 e. The number of alkyl halides is 3. The molecule has 2 saturated heterocycles. The summed E-state index contributed by atoms with van der Waals surface area (Å²) in [4.78, 5) is 2.68. The molecule has 7 heteroatoms. The van der Waals surface area contributed by atoms with E-state index in [0.29, 0.717) is 23.3 Å². The van der Waals surface area contributed by atoms with Crippen LogP contribution in [0, 0.1) is 17.3 Å². The maximum atomic E-state index is 13.1. The molecule has 0 N–H and O–H groups in total. The molecule has 0 radical (unpaired) electrons. The van der Waals surface area contributed by atoms with Crippen LogP contribution in [0.2, 0.25) is 0 Å². The molecule has 27 heavy (non-hydrogen) atoms. The zero-order chi connectivity index (χ0) is 19.0. The molecule has 150 valence electrons. The molecule has 2 atom stereocenters. The van der Waals surface area contributed by atoms with E-state index in [-0.39, 0.29) is 12.0 Å². The number of halogens is 3. The molecule has 0 aromatic carbocycles. The fourth-order valence-corrected chi connectivity index (χ4v) is 7.16. The Labute approximate surface area is 163 Å². The van der Waals surface area contributed by atoms with Gasteiger partial charge in [-0.3, -0.25) is 4.68 Å². The number of hydrogen-bond donors (Lipinski definition) is 0. The van der Waals surface area contributed by atoms with Gasteiger partial charge in [0, 0.05) is 23.7 Å². The van der Waals surface area contributed by atoms with Gasteiger partial charge >= 0.3 is 6.18 Å². The minimum absolute atomic E-state index is 0.0353. The summed E-state index contributed by atoms with van der Waals surface area (Å²) in [5.41, 5.74) is 0.727. The third kappa shape index (κ3) is 3.04. The Morgan fingerprint density at radius 3 is 2.26 bits per heavy atom. The van der Waals surface area contributed by atoms with Crippen molar-refractivity contribution >= 4 is 11.8 Å². The van der Waals surface area contributed by atoms with E-state index in [1.165, 1.54) is 43.5 Å². The highest BCUT2D eigenvalue weighted by molar-refractivity contribution is 8.00. The Bertz CT molecular complexity index is 703. The maximum absolute atomic E-state index is 13.1. The van der Waals surface area contributed by atoms with Gasteiger partial charge in [0.2, 0.25) is 0 Å². The number of likely N-dealkylation sites (tertiary alicyclic amines) is 1. The minimum atomic E-state index is -4.36. The lowest BCUT2D eigenvalue weighted by Crippen LogP contribution is -2.49. The minimum Gasteiger partial charge on any atom is -0.300 e. The van der Waals surface area contributed by atoms with Crippen LogP contribution >= 0.6 is 11.8 Å². The van der Waals surface area contributed by atoms with Gasteiger partial charge < -0.3 is 4.90 Å². The van der Waals surface area contributed by atoms with E-state index in [4.69, 9.17) is 0 Å². The van der Waals surface area contributed by atoms with E-state index in [9.17, 15) is 13.2 Å². The van der Waals surface area contributed by atoms with Crippen molar-refractivity contribution in [3.63, 3.8) is 0 Å². The van der Waals surface area contributed by atoms with Gasteiger partial charge in [-0.15, -0.1) is 0 Å². The van der Waals surface area contributed by atoms with Crippen molar-refractivity contribution in [2.24, 2.45) is 17.3 Å². The molecule has 1 aromatic heterocycles. The van der Waals surface area contributed by atoms with Gasteiger partial charge in [0.05, 0.1) is 0 Å². The summed E-state index contributed by atoms with van der Waals surface area (Å²) < 4.78 is 41.0. The number of piperidine rings is 1. The van der Waals surface area contributed by atoms with Crippen molar-refractivity contribution in [1.29, 1.82) is 0 Å². The van der Waals surface area contributed by atoms with Crippen molar-refractivity contribution in [2.75, 3.05) is 24.6 Å². The van der Waals surface area contributed by atoms with Gasteiger partial charge in [0.1, 0.15) is 0 Å². The van der Waals surface area contributed by atoms with Crippen LogP contribution in [0.4, 0.5) is 13.2 Å². The molecule has 2 aliphatic carbocycles. The lowest BCUT2D eigenvalue weighted by Gasteiger charge is -2.49. The molecule has 0 amide bonds. The molecule has 4 fully saturated rings. The molecule has 1 spiro atoms. The lowest BCUT2D eigenvalue weighted by molar-refractivity contribution is -0.141. The van der Waals surface area contributed by atoms with Crippen LogP contribution in [0.15, 0.2) is 6.07 Å². The normalized spacial score (nSPS) is 35.5. The van der Waals surface area contributed by atoms with E-state index >= 15 is 0 Å². The molecule has 2 saturated carbocycles. The van der Waals surface area contributed by atoms with Crippen molar-refractivity contribution < 1.29 is 13.2 Å². The van der Waals surface area contributed by atoms with Gasteiger partial charge in [-0.1, -0.05) is 0 Å². The second-order valence-corrected chi connectivity index (χ2v) is 10.5. The molecule has 3 heterocycles. The molecule has 2 aliphatic heterocycles. The van der Waals surface area contributed by atoms with E-state index in [0.717, 1.165) is 18.5 Å². The zero-order valence-corrected chi connectivity index (χ0v) is 16.8. The monoisotopic (exact) mass is 399 g/mol. The Morgan fingerprint density at radius 2 is 1.78 bits per heavy atom. The molecule has 4 aliphatic rings. The molecular weight excluding hydrogens is 371 g/mol. The average molecular weight is 400 g/mol. The topological polar surface area (TPSA) is 21.1 Å². The predicted molar refractivity (Wildman–Crippen MR) is 101 cm³/mol. The molecular formula is C20H28F3N3S. The quantitative estimate of drug-likeness (QED) is 0.728. The molecule has 3 nitrogen and oxygen atoms in total. The predicted octanol–water partition coefficient (Wildman–Crippen LogP) is 4.80. The van der Waals surface area contributed by atoms with Gasteiger partial charge in [0.25, 0.3) is 0 Å². The van der Waals surface area contributed by atoms with Crippen LogP contribution in [-0.2, 0) is 6.18 Å². The van der Waals surface area contributed by atoms with Crippen molar-refractivity contribution in [2.45, 2.75) is 63.7 Å². The van der Waals surface area contributed by atoms with Crippen LogP contribution in [-0.4, -0.2) is 45.3 Å². The number of nitrogens with zero attached hydrogens (tertiary/aromatic N) is 3. The summed E-state index contributed by atoms with van der Waals surface area (Å²) in [6.45, 7) is 6.27. The molecule has 2 unspecified atom stereocenters. The SMILES string of the molecule is CC(C)n1nc(C(F)(F)F)cc1C1C2CC(N3CCC4(CC3)CSC4)CC21. The molecule has 5 rings (SSSR count). The van der Waals surface area contributed by atoms with Gasteiger partial charge in [-0.25, -0.2) is 0 Å². The summed E-state index contributed by atoms with van der Waals surface area (Å²) >= 11 is 2.08. The van der Waals surface area contributed by atoms with E-state index in [1.807, 2.05) is 13.8 Å². The van der Waals surface area contributed by atoms with E-state index in [1.54, 1.807) is 4.68 Å². The van der Waals surface area contributed by atoms with Crippen molar-refractivity contribution in [3.05, 3.63) is 17.5 Å². The second kappa shape index (κ2) is 6.15. The standard InChI is InChI=1S/C20H28F3N3S/c1-12(2)26-16(9-17(24-26)20(21,22)23)18-14-7-13(8-15(14)18)25-5-3-19(4-6-25)10-27-11-19/h9,12-15,18H,3-8,10-11H2,1-2H3. The number of aromatic nitrogens is 2. The van der Waals surface area contributed by atoms with Crippen molar-refractivity contribution in [1.82, 2.24) is 14.7 Å². The zero-order valence-electron chi connectivity index (χ0n) is 16.0. The maximum Gasteiger partial charge on any atom is 0.435 e. The Kier molecular flexibility index (Phi) is 4.18. The third-order valence-corrected chi connectivity index (χ3v) is 9.13. The van der Waals surface area contributed by atoms with Gasteiger partial charge in [-0.2, -0.15) is 30.0 Å². The first kappa shape index (κ1) is 18.3. The van der Waals surface area contributed by atoms with Crippen LogP contribution in [0.3, 0.4) is 0 Å². The van der Waals surface area contributed by atoms with E-state index < -0.39 is 11.9 Å². The number of hydrogen-bond acceptors (Lipinski definition) is 3. The highest BCUT2D eigenvalue weighted by Crippen LogP contribution is 2.64. The number of thioether (sulfide) groups is 1. The van der Waals surface area contributed by atoms with E-state index in [2.05, 4.69) is 21.8 Å². The largest absolute Gasteiger partial charge is 0.435 e. The van der Waals surface area contributed by atoms with Crippen LogP contribution in [0.25, 0.3) is 0 Å². The summed E-state index contributed by atoms with van der Waals surface area (Å²) in [6.07, 6.45) is 0.628. The third-order valence-electron chi connectivity index (χ3n) is 7.50. The Balaban J connectivity index is 1.24. The lowest BCUT2D eigenvalue weighted by atomic mass is 9.80. The first-order valence-corrected chi connectivity index (χ1v) is 11.4. The second-order valence-electron chi connectivity index (χ2n) is 9.50. The van der Waals surface area contributed by atoms with Crippen molar-refractivity contribution in [3.8, 4) is 0 Å². The summed E-state index contributed by atoms with van der Waals surface area (Å²) in [5, 5.41) is 3.89. The number of rotatable bonds is 3. The first-order chi connectivity index (χ1) is 12.8. The van der Waals surface area contributed by atoms with Crippen LogP contribution in [0.5, 0.6) is 0 Å². The Hall–Kier alpha value is -0.690. The summed E-state index contributed by atoms with van der Waals surface area (Å²) in [5.74, 6) is 4.09. The summed E-state index contributed by atoms with van der Waals surface area (Å²) in [7, 11) is 0. The highest BCUT2D eigenvalue weighted by atomic mass is 32.2. The van der Waals surface area contributed by atoms with Gasteiger partial charge in [-0.05, 0) is 87.4 Å². The average Bonchev–Trinajstić information content (AvgIpc) is 2.98. The highest BCUT2D eigenvalue weighted by Gasteiger charge is 2.59. The number of fused-ring (bicyclic) bond motifs is 1. The molecule has 0 bridgehead atoms. The summed E-state index contributed by atoms with van der Waals surface area (Å²) in [6, 6.07) is 1.93. The van der Waals surface area contributed by atoms with Crippen LogP contribution in [0.1, 0.15) is 62.9 Å². The fraction of sp³-hybridized carbons (Fsp3) is 0.850. The Morgan fingerprint density at radius 1 is 1.15 bits per heavy atom. The van der Waals surface area contributed by atoms with Crippen LogP contribution < -0.4 is 0 Å².